The number of ether oxygens (including phenoxy) is 1. The molecule has 0 unspecified atom stereocenters. The highest BCUT2D eigenvalue weighted by molar-refractivity contribution is 7.89. The molecule has 2 aromatic carbocycles. The smallest absolute Gasteiger partial charge is 0.335 e. The molecule has 27 heavy (non-hydrogen) atoms. The third-order valence-corrected chi connectivity index (χ3v) is 6.85. The first-order chi connectivity index (χ1) is 12.9. The first-order valence-corrected chi connectivity index (χ1v) is 10.3. The molecule has 0 aliphatic heterocycles. The zero-order chi connectivity index (χ0) is 19.4. The fourth-order valence-corrected chi connectivity index (χ4v) is 5.09. The van der Waals surface area contributed by atoms with Crippen molar-refractivity contribution < 1.29 is 23.1 Å². The molecule has 0 bridgehead atoms. The topological polar surface area (TPSA) is 83.9 Å². The Morgan fingerprint density at radius 1 is 1.07 bits per heavy atom. The van der Waals surface area contributed by atoms with Gasteiger partial charge in [-0.3, -0.25) is 0 Å². The van der Waals surface area contributed by atoms with E-state index in [1.165, 1.54) is 24.3 Å². The molecule has 0 amide bonds. The fourth-order valence-electron chi connectivity index (χ4n) is 3.42. The monoisotopic (exact) mass is 389 g/mol. The molecule has 1 aliphatic rings. The van der Waals surface area contributed by atoms with Crippen molar-refractivity contribution in [1.82, 2.24) is 4.31 Å². The molecule has 6 nitrogen and oxygen atoms in total. The van der Waals surface area contributed by atoms with Gasteiger partial charge in [0, 0.05) is 12.6 Å². The fraction of sp³-hybridized carbons (Fsp3) is 0.350. The highest BCUT2D eigenvalue weighted by atomic mass is 32.2. The predicted molar refractivity (Wildman–Crippen MR) is 101 cm³/mol. The molecule has 1 saturated carbocycles. The van der Waals surface area contributed by atoms with Crippen LogP contribution in [0.25, 0.3) is 0 Å². The van der Waals surface area contributed by atoms with Gasteiger partial charge < -0.3 is 9.84 Å². The van der Waals surface area contributed by atoms with Crippen molar-refractivity contribution in [3.8, 4) is 5.75 Å². The second-order valence-corrected chi connectivity index (χ2v) is 8.56. The first-order valence-electron chi connectivity index (χ1n) is 8.90. The molecule has 0 radical (unpaired) electrons. The van der Waals surface area contributed by atoms with Gasteiger partial charge in [-0.25, -0.2) is 13.2 Å². The van der Waals surface area contributed by atoms with Gasteiger partial charge in [0.25, 0.3) is 0 Å². The maximum Gasteiger partial charge on any atom is 0.335 e. The lowest BCUT2D eigenvalue weighted by atomic mass is 10.2. The van der Waals surface area contributed by atoms with Gasteiger partial charge >= 0.3 is 5.97 Å². The van der Waals surface area contributed by atoms with Crippen molar-refractivity contribution in [3.63, 3.8) is 0 Å². The summed E-state index contributed by atoms with van der Waals surface area (Å²) in [5, 5.41) is 9.03. The summed E-state index contributed by atoms with van der Waals surface area (Å²) in [6, 6.07) is 12.7. The molecule has 1 fully saturated rings. The maximum atomic E-state index is 13.3. The van der Waals surface area contributed by atoms with Crippen molar-refractivity contribution in [3.05, 3.63) is 59.7 Å². The molecule has 0 spiro atoms. The number of carboxylic acids is 1. The molecule has 2 aromatic rings. The number of benzene rings is 2. The van der Waals surface area contributed by atoms with Crippen molar-refractivity contribution in [1.29, 1.82) is 0 Å². The van der Waals surface area contributed by atoms with Gasteiger partial charge in [0.1, 0.15) is 5.75 Å². The summed E-state index contributed by atoms with van der Waals surface area (Å²) in [6.07, 6.45) is 3.69. The molecule has 0 atom stereocenters. The Hall–Kier alpha value is -2.38. The number of sulfonamides is 1. The van der Waals surface area contributed by atoms with E-state index in [1.54, 1.807) is 11.4 Å². The Morgan fingerprint density at radius 3 is 2.19 bits per heavy atom. The lowest BCUT2D eigenvalue weighted by Crippen LogP contribution is -2.38. The first kappa shape index (κ1) is 19.4. The third kappa shape index (κ3) is 4.31. The zero-order valence-corrected chi connectivity index (χ0v) is 16.0. The Labute approximate surface area is 159 Å². The van der Waals surface area contributed by atoms with Crippen LogP contribution >= 0.6 is 0 Å². The highest BCUT2D eigenvalue weighted by Crippen LogP contribution is 2.30. The van der Waals surface area contributed by atoms with Gasteiger partial charge in [0.2, 0.25) is 10.0 Å². The minimum atomic E-state index is -3.73. The summed E-state index contributed by atoms with van der Waals surface area (Å²) in [6.45, 7) is 0.275. The van der Waals surface area contributed by atoms with E-state index in [2.05, 4.69) is 0 Å². The van der Waals surface area contributed by atoms with E-state index in [9.17, 15) is 13.2 Å². The Bertz CT molecular complexity index is 885. The van der Waals surface area contributed by atoms with Crippen LogP contribution in [0.1, 0.15) is 41.6 Å². The van der Waals surface area contributed by atoms with E-state index in [0.717, 1.165) is 37.0 Å². The van der Waals surface area contributed by atoms with Crippen molar-refractivity contribution in [2.45, 2.75) is 43.2 Å². The number of carboxylic acid groups (broad SMARTS) is 1. The number of nitrogens with zero attached hydrogens (tertiary/aromatic N) is 1. The number of methoxy groups -OCH3 is 1. The van der Waals surface area contributed by atoms with Crippen LogP contribution in [-0.4, -0.2) is 37.0 Å². The molecule has 1 N–H and O–H groups in total. The molecular formula is C20H23NO5S. The van der Waals surface area contributed by atoms with Gasteiger partial charge in [-0.2, -0.15) is 4.31 Å². The quantitative estimate of drug-likeness (QED) is 0.783. The lowest BCUT2D eigenvalue weighted by Gasteiger charge is -2.28. The number of rotatable bonds is 7. The van der Waals surface area contributed by atoms with E-state index in [-0.39, 0.29) is 23.0 Å². The SMILES string of the molecule is COc1ccc(CN(C2CCCC2)S(=O)(=O)c2ccc(C(=O)O)cc2)cc1. The summed E-state index contributed by atoms with van der Waals surface area (Å²) >= 11 is 0. The van der Waals surface area contributed by atoms with Crippen LogP contribution in [0, 0.1) is 0 Å². The van der Waals surface area contributed by atoms with Gasteiger partial charge in [0.15, 0.2) is 0 Å². The summed E-state index contributed by atoms with van der Waals surface area (Å²) in [4.78, 5) is 11.1. The van der Waals surface area contributed by atoms with Crippen LogP contribution in [0.2, 0.25) is 0 Å². The number of hydrogen-bond acceptors (Lipinski definition) is 4. The minimum Gasteiger partial charge on any atom is -0.497 e. The average Bonchev–Trinajstić information content (AvgIpc) is 3.20. The van der Waals surface area contributed by atoms with Gasteiger partial charge in [-0.05, 0) is 54.8 Å². The van der Waals surface area contributed by atoms with Crippen molar-refractivity contribution in [2.75, 3.05) is 7.11 Å². The predicted octanol–water partition coefficient (Wildman–Crippen LogP) is 3.53. The van der Waals surface area contributed by atoms with Crippen LogP contribution in [0.4, 0.5) is 0 Å². The van der Waals surface area contributed by atoms with Crippen LogP contribution in [0.15, 0.2) is 53.4 Å². The van der Waals surface area contributed by atoms with Gasteiger partial charge in [0.05, 0.1) is 17.6 Å². The van der Waals surface area contributed by atoms with E-state index in [0.29, 0.717) is 0 Å². The van der Waals surface area contributed by atoms with Crippen molar-refractivity contribution in [2.24, 2.45) is 0 Å². The van der Waals surface area contributed by atoms with Crippen LogP contribution in [0.3, 0.4) is 0 Å². The lowest BCUT2D eigenvalue weighted by molar-refractivity contribution is 0.0696. The van der Waals surface area contributed by atoms with Crippen LogP contribution < -0.4 is 4.74 Å². The summed E-state index contributed by atoms with van der Waals surface area (Å²) in [7, 11) is -2.14. The molecule has 0 aromatic heterocycles. The van der Waals surface area contributed by atoms with E-state index >= 15 is 0 Å². The largest absolute Gasteiger partial charge is 0.497 e. The number of aromatic carboxylic acids is 1. The Morgan fingerprint density at radius 2 is 1.67 bits per heavy atom. The summed E-state index contributed by atoms with van der Waals surface area (Å²) in [5.41, 5.74) is 0.949. The molecular weight excluding hydrogens is 366 g/mol. The third-order valence-electron chi connectivity index (χ3n) is 4.94. The van der Waals surface area contributed by atoms with Gasteiger partial charge in [-0.15, -0.1) is 0 Å². The summed E-state index contributed by atoms with van der Waals surface area (Å²) < 4.78 is 33.3. The second-order valence-electron chi connectivity index (χ2n) is 6.67. The molecule has 0 heterocycles. The maximum absolute atomic E-state index is 13.3. The van der Waals surface area contributed by atoms with E-state index in [4.69, 9.17) is 9.84 Å². The second kappa shape index (κ2) is 8.10. The normalized spacial score (nSPS) is 15.2. The Balaban J connectivity index is 1.91. The van der Waals surface area contributed by atoms with Gasteiger partial charge in [-0.1, -0.05) is 25.0 Å². The highest BCUT2D eigenvalue weighted by Gasteiger charge is 2.33. The summed E-state index contributed by atoms with van der Waals surface area (Å²) in [5.74, 6) is -0.358. The molecule has 3 rings (SSSR count). The van der Waals surface area contributed by atoms with Crippen LogP contribution in [-0.2, 0) is 16.6 Å². The minimum absolute atomic E-state index is 0.0451. The molecule has 144 valence electrons. The average molecular weight is 389 g/mol. The molecule has 7 heteroatoms. The van der Waals surface area contributed by atoms with Crippen LogP contribution in [0.5, 0.6) is 5.75 Å². The molecule has 0 saturated heterocycles. The van der Waals surface area contributed by atoms with E-state index in [1.807, 2.05) is 24.3 Å². The van der Waals surface area contributed by atoms with Crippen molar-refractivity contribution >= 4 is 16.0 Å². The number of hydrogen-bond donors (Lipinski definition) is 1. The number of carbonyl (C=O) groups is 1. The Kier molecular flexibility index (Phi) is 5.82. The molecule has 1 aliphatic carbocycles. The van der Waals surface area contributed by atoms with E-state index < -0.39 is 16.0 Å². The zero-order valence-electron chi connectivity index (χ0n) is 15.2. The standard InChI is InChI=1S/C20H23NO5S/c1-26-18-10-6-15(7-11-18)14-21(17-4-2-3-5-17)27(24,25)19-12-8-16(9-13-19)20(22)23/h6-13,17H,2-5,14H2,1H3,(H,22,23).